The summed E-state index contributed by atoms with van der Waals surface area (Å²) < 4.78 is 23.6. The summed E-state index contributed by atoms with van der Waals surface area (Å²) in [6.07, 6.45) is 0. The molecule has 6 heteroatoms. The van der Waals surface area contributed by atoms with E-state index in [1.165, 1.54) is 19.1 Å². The summed E-state index contributed by atoms with van der Waals surface area (Å²) in [6.45, 7) is 1.21. The van der Waals surface area contributed by atoms with Crippen LogP contribution in [0.5, 0.6) is 0 Å². The van der Waals surface area contributed by atoms with Crippen LogP contribution in [0.2, 0.25) is 0 Å². The lowest BCUT2D eigenvalue weighted by Crippen LogP contribution is -2.32. The topological polar surface area (TPSA) is 83.6 Å². The van der Waals surface area contributed by atoms with Gasteiger partial charge in [0.05, 0.1) is 0 Å². The Labute approximate surface area is 80.7 Å². The molecule has 14 heavy (non-hydrogen) atoms. The van der Waals surface area contributed by atoms with Crippen LogP contribution in [0.15, 0.2) is 24.3 Å². The SMILES string of the molecule is CC(N)(c1ccc(F)cc1)P(=O)(O)O. The summed E-state index contributed by atoms with van der Waals surface area (Å²) in [5, 5.41) is -1.78. The van der Waals surface area contributed by atoms with Crippen LogP contribution in [0.4, 0.5) is 4.39 Å². The van der Waals surface area contributed by atoms with Crippen molar-refractivity contribution < 1.29 is 18.7 Å². The van der Waals surface area contributed by atoms with Gasteiger partial charge in [-0.05, 0) is 24.6 Å². The number of halogens is 1. The molecular weight excluding hydrogens is 208 g/mol. The van der Waals surface area contributed by atoms with Gasteiger partial charge < -0.3 is 15.5 Å². The quantitative estimate of drug-likeness (QED) is 0.651. The summed E-state index contributed by atoms with van der Waals surface area (Å²) in [7, 11) is -4.45. The highest BCUT2D eigenvalue weighted by molar-refractivity contribution is 7.53. The van der Waals surface area contributed by atoms with E-state index >= 15 is 0 Å². The molecule has 1 rings (SSSR count). The fourth-order valence-electron chi connectivity index (χ4n) is 0.955. The van der Waals surface area contributed by atoms with Gasteiger partial charge in [-0.15, -0.1) is 0 Å². The molecule has 1 atom stereocenters. The number of benzene rings is 1. The monoisotopic (exact) mass is 219 g/mol. The minimum Gasteiger partial charge on any atom is -0.323 e. The lowest BCUT2D eigenvalue weighted by atomic mass is 10.1. The summed E-state index contributed by atoms with van der Waals surface area (Å²) >= 11 is 0. The molecule has 0 saturated heterocycles. The van der Waals surface area contributed by atoms with Gasteiger partial charge in [0.2, 0.25) is 0 Å². The molecule has 0 heterocycles. The van der Waals surface area contributed by atoms with Crippen LogP contribution >= 0.6 is 7.60 Å². The van der Waals surface area contributed by atoms with Crippen LogP contribution in [0, 0.1) is 5.82 Å². The van der Waals surface area contributed by atoms with E-state index in [0.717, 1.165) is 12.1 Å². The van der Waals surface area contributed by atoms with Crippen LogP contribution in [-0.4, -0.2) is 9.79 Å². The third-order valence-corrected chi connectivity index (χ3v) is 3.50. The standard InChI is InChI=1S/C8H11FNO3P/c1-8(10,14(11,12)13)6-2-4-7(9)5-3-6/h2-5H,10H2,1H3,(H2,11,12,13). The van der Waals surface area contributed by atoms with Gasteiger partial charge in [-0.25, -0.2) is 4.39 Å². The van der Waals surface area contributed by atoms with E-state index in [-0.39, 0.29) is 5.56 Å². The predicted molar refractivity (Wildman–Crippen MR) is 50.0 cm³/mol. The van der Waals surface area contributed by atoms with Gasteiger partial charge in [0.1, 0.15) is 11.1 Å². The second-order valence-corrected chi connectivity index (χ2v) is 5.22. The lowest BCUT2D eigenvalue weighted by Gasteiger charge is -2.25. The van der Waals surface area contributed by atoms with Crippen molar-refractivity contribution in [3.05, 3.63) is 35.6 Å². The maximum absolute atomic E-state index is 12.5. The van der Waals surface area contributed by atoms with Gasteiger partial charge in [-0.1, -0.05) is 12.1 Å². The maximum Gasteiger partial charge on any atom is 0.349 e. The zero-order valence-electron chi connectivity index (χ0n) is 7.51. The van der Waals surface area contributed by atoms with E-state index in [1.54, 1.807) is 0 Å². The number of rotatable bonds is 2. The average molecular weight is 219 g/mol. The first-order valence-corrected chi connectivity index (χ1v) is 5.47. The fourth-order valence-corrected chi connectivity index (χ4v) is 1.44. The number of hydrogen-bond acceptors (Lipinski definition) is 2. The zero-order valence-corrected chi connectivity index (χ0v) is 8.41. The Hall–Kier alpha value is -0.740. The molecule has 1 aromatic carbocycles. The lowest BCUT2D eigenvalue weighted by molar-refractivity contribution is 0.333. The zero-order chi connectivity index (χ0) is 11.0. The number of hydrogen-bond donors (Lipinski definition) is 3. The second kappa shape index (κ2) is 3.44. The first-order valence-electron chi connectivity index (χ1n) is 3.86. The van der Waals surface area contributed by atoms with Crippen molar-refractivity contribution >= 4 is 7.60 Å². The Morgan fingerprint density at radius 1 is 1.36 bits per heavy atom. The van der Waals surface area contributed by atoms with Crippen molar-refractivity contribution in [2.75, 3.05) is 0 Å². The third-order valence-electron chi connectivity index (χ3n) is 2.03. The van der Waals surface area contributed by atoms with Gasteiger partial charge in [-0.3, -0.25) is 4.57 Å². The molecule has 0 saturated carbocycles. The minimum absolute atomic E-state index is 0.201. The van der Waals surface area contributed by atoms with E-state index in [2.05, 4.69) is 0 Å². The summed E-state index contributed by atoms with van der Waals surface area (Å²) in [5.41, 5.74) is 5.68. The van der Waals surface area contributed by atoms with Crippen LogP contribution in [0.1, 0.15) is 12.5 Å². The summed E-state index contributed by atoms with van der Waals surface area (Å²) in [6, 6.07) is 4.73. The molecule has 4 nitrogen and oxygen atoms in total. The van der Waals surface area contributed by atoms with Gasteiger partial charge in [0.25, 0.3) is 0 Å². The van der Waals surface area contributed by atoms with Crippen LogP contribution in [0.25, 0.3) is 0 Å². The second-order valence-electron chi connectivity index (χ2n) is 3.20. The van der Waals surface area contributed by atoms with Crippen molar-refractivity contribution in [2.45, 2.75) is 12.2 Å². The van der Waals surface area contributed by atoms with E-state index < -0.39 is 18.7 Å². The fraction of sp³-hybridized carbons (Fsp3) is 0.250. The molecule has 1 aromatic rings. The van der Waals surface area contributed by atoms with Gasteiger partial charge in [0, 0.05) is 0 Å². The Balaban J connectivity index is 3.17. The predicted octanol–water partition coefficient (Wildman–Crippen LogP) is 1.13. The first-order chi connectivity index (χ1) is 6.25. The Bertz CT molecular complexity index is 371. The molecule has 0 spiro atoms. The molecule has 0 aliphatic heterocycles. The van der Waals surface area contributed by atoms with Crippen LogP contribution in [0.3, 0.4) is 0 Å². The summed E-state index contributed by atoms with van der Waals surface area (Å²) in [4.78, 5) is 17.9. The van der Waals surface area contributed by atoms with E-state index in [9.17, 15) is 8.96 Å². The molecule has 0 amide bonds. The maximum atomic E-state index is 12.5. The smallest absolute Gasteiger partial charge is 0.323 e. The van der Waals surface area contributed by atoms with Crippen molar-refractivity contribution in [1.82, 2.24) is 0 Å². The molecule has 0 aliphatic rings. The van der Waals surface area contributed by atoms with Gasteiger partial charge in [-0.2, -0.15) is 0 Å². The van der Waals surface area contributed by atoms with Crippen molar-refractivity contribution in [2.24, 2.45) is 5.73 Å². The van der Waals surface area contributed by atoms with Gasteiger partial charge >= 0.3 is 7.60 Å². The highest BCUT2D eigenvalue weighted by Crippen LogP contribution is 2.52. The van der Waals surface area contributed by atoms with E-state index in [0.29, 0.717) is 0 Å². The molecular formula is C8H11FNO3P. The van der Waals surface area contributed by atoms with Crippen LogP contribution < -0.4 is 5.73 Å². The molecule has 0 radical (unpaired) electrons. The molecule has 78 valence electrons. The Kier molecular flexibility index (Phi) is 2.78. The molecule has 0 fully saturated rings. The number of nitrogens with two attached hydrogens (primary N) is 1. The Morgan fingerprint density at radius 2 is 1.79 bits per heavy atom. The van der Waals surface area contributed by atoms with Crippen LogP contribution in [-0.2, 0) is 9.85 Å². The first kappa shape index (κ1) is 11.3. The van der Waals surface area contributed by atoms with Crippen molar-refractivity contribution in [3.63, 3.8) is 0 Å². The van der Waals surface area contributed by atoms with Crippen molar-refractivity contribution in [3.8, 4) is 0 Å². The highest BCUT2D eigenvalue weighted by atomic mass is 31.2. The van der Waals surface area contributed by atoms with E-state index in [4.69, 9.17) is 15.5 Å². The molecule has 0 bridgehead atoms. The third kappa shape index (κ3) is 2.01. The molecule has 4 N–H and O–H groups in total. The minimum atomic E-state index is -4.45. The van der Waals surface area contributed by atoms with Crippen molar-refractivity contribution in [1.29, 1.82) is 0 Å². The largest absolute Gasteiger partial charge is 0.349 e. The summed E-state index contributed by atoms with van der Waals surface area (Å²) in [5.74, 6) is -0.477. The molecule has 0 aromatic heterocycles. The molecule has 0 aliphatic carbocycles. The van der Waals surface area contributed by atoms with E-state index in [1.807, 2.05) is 0 Å². The average Bonchev–Trinajstić information content (AvgIpc) is 2.03. The normalized spacial score (nSPS) is 16.4. The molecule has 1 unspecified atom stereocenters. The Morgan fingerprint density at radius 3 is 2.14 bits per heavy atom. The van der Waals surface area contributed by atoms with Gasteiger partial charge in [0.15, 0.2) is 0 Å². The highest BCUT2D eigenvalue weighted by Gasteiger charge is 2.40.